The summed E-state index contributed by atoms with van der Waals surface area (Å²) in [6, 6.07) is 0. The van der Waals surface area contributed by atoms with Gasteiger partial charge in [0.25, 0.3) is 0 Å². The van der Waals surface area contributed by atoms with Crippen molar-refractivity contribution in [3.8, 4) is 0 Å². The van der Waals surface area contributed by atoms with Crippen molar-refractivity contribution in [2.75, 3.05) is 13.2 Å². The van der Waals surface area contributed by atoms with Gasteiger partial charge in [0.05, 0.1) is 0 Å². The molecular weight excluding hydrogens is 877 g/mol. The van der Waals surface area contributed by atoms with Crippen molar-refractivity contribution in [3.05, 3.63) is 182 Å². The number of hydrogen-bond acceptors (Lipinski definition) is 6. The van der Waals surface area contributed by atoms with Gasteiger partial charge in [0.2, 0.25) is 0 Å². The molecular formula is C65H96O6. The Hall–Kier alpha value is -5.49. The first kappa shape index (κ1) is 65.5. The van der Waals surface area contributed by atoms with Gasteiger partial charge < -0.3 is 14.2 Å². The molecule has 0 aliphatic carbocycles. The lowest BCUT2D eigenvalue weighted by atomic mass is 10.1. The van der Waals surface area contributed by atoms with Crippen molar-refractivity contribution in [2.45, 2.75) is 194 Å². The molecule has 0 radical (unpaired) electrons. The highest BCUT2D eigenvalue weighted by Crippen LogP contribution is 2.10. The van der Waals surface area contributed by atoms with Crippen LogP contribution < -0.4 is 0 Å². The second-order valence-electron chi connectivity index (χ2n) is 17.0. The van der Waals surface area contributed by atoms with E-state index in [0.717, 1.165) is 135 Å². The second kappa shape index (κ2) is 57.1. The molecule has 0 aromatic rings. The van der Waals surface area contributed by atoms with Gasteiger partial charge in [-0.1, -0.05) is 222 Å². The Bertz CT molecular complexity index is 1730. The van der Waals surface area contributed by atoms with Crippen LogP contribution in [0.15, 0.2) is 182 Å². The molecule has 0 saturated carbocycles. The predicted octanol–water partition coefficient (Wildman–Crippen LogP) is 18.5. The van der Waals surface area contributed by atoms with Gasteiger partial charge in [0.15, 0.2) is 6.10 Å². The Morgan fingerprint density at radius 3 is 0.873 bits per heavy atom. The highest BCUT2D eigenvalue weighted by molar-refractivity contribution is 5.71. The molecule has 0 aromatic carbocycles. The van der Waals surface area contributed by atoms with E-state index in [-0.39, 0.29) is 32.0 Å². The zero-order chi connectivity index (χ0) is 51.4. The number of ether oxygens (including phenoxy) is 3. The molecule has 0 N–H and O–H groups in total. The maximum atomic E-state index is 12.8. The third-order valence-electron chi connectivity index (χ3n) is 10.4. The van der Waals surface area contributed by atoms with Gasteiger partial charge in [0.1, 0.15) is 13.2 Å². The molecule has 0 saturated heterocycles. The number of carbonyl (C=O) groups excluding carboxylic acids is 3. The summed E-state index contributed by atoms with van der Waals surface area (Å²) < 4.78 is 16.7. The molecule has 0 fully saturated rings. The summed E-state index contributed by atoms with van der Waals surface area (Å²) in [7, 11) is 0. The van der Waals surface area contributed by atoms with Crippen LogP contribution in [-0.4, -0.2) is 37.2 Å². The fourth-order valence-electron chi connectivity index (χ4n) is 6.45. The number of allylic oxidation sites excluding steroid dienone is 30. The summed E-state index contributed by atoms with van der Waals surface area (Å²) in [5.74, 6) is -1.16. The van der Waals surface area contributed by atoms with Crippen molar-refractivity contribution in [3.63, 3.8) is 0 Å². The minimum Gasteiger partial charge on any atom is -0.462 e. The number of unbranched alkanes of at least 4 members (excludes halogenated alkanes) is 5. The standard InChI is InChI=1S/C65H96O6/c1-4-7-10-13-16-19-22-25-28-30-32-34-37-40-43-46-49-52-55-58-64(67)70-61-62(60-69-63(66)57-54-51-48-45-42-39-36-27-24-21-18-15-12-9-6-3)71-65(68)59-56-53-50-47-44-41-38-35-33-31-29-26-23-20-17-14-11-8-5-2/h7-12,16-21,25-29,32-36,40-41,43-44,49-50,52-53,62H,4-6,13-15,22-24,30-31,37-39,42,45-48,51,54-61H2,1-3H3/b10-7+,11-8+,12-9+,19-16+,20-17+,21-18+,28-25+,29-26+,34-32+,35-33+,36-27+,43-40+,44-41+,52-49+,53-50+/t62-/m1/s1. The summed E-state index contributed by atoms with van der Waals surface area (Å²) in [6.07, 6.45) is 86.1. The lowest BCUT2D eigenvalue weighted by Gasteiger charge is -2.18. The highest BCUT2D eigenvalue weighted by atomic mass is 16.6. The van der Waals surface area contributed by atoms with E-state index in [1.165, 1.54) is 0 Å². The van der Waals surface area contributed by atoms with E-state index < -0.39 is 18.0 Å². The van der Waals surface area contributed by atoms with Crippen molar-refractivity contribution in [1.82, 2.24) is 0 Å². The maximum absolute atomic E-state index is 12.8. The third kappa shape index (κ3) is 55.3. The smallest absolute Gasteiger partial charge is 0.306 e. The van der Waals surface area contributed by atoms with Crippen LogP contribution in [0.1, 0.15) is 188 Å². The Labute approximate surface area is 434 Å². The Kier molecular flexibility index (Phi) is 52.7. The summed E-state index contributed by atoms with van der Waals surface area (Å²) >= 11 is 0. The van der Waals surface area contributed by atoms with Gasteiger partial charge >= 0.3 is 17.9 Å². The van der Waals surface area contributed by atoms with Crippen molar-refractivity contribution in [1.29, 1.82) is 0 Å². The summed E-state index contributed by atoms with van der Waals surface area (Å²) in [5.41, 5.74) is 0. The third-order valence-corrected chi connectivity index (χ3v) is 10.4. The number of carbonyl (C=O) groups is 3. The average molecular weight is 973 g/mol. The zero-order valence-electron chi connectivity index (χ0n) is 44.6. The quantitative estimate of drug-likeness (QED) is 0.0262. The van der Waals surface area contributed by atoms with Crippen LogP contribution in [-0.2, 0) is 28.6 Å². The largest absolute Gasteiger partial charge is 0.462 e. The SMILES string of the molecule is CC/C=C/C/C=C/C/C=C/C/C=C/C/C=C/C/C=C/CCC(=O)OC[C@@H](COC(=O)CCCCCCC/C=C/C/C=C/C/C=C/CC)OC(=O)CC/C=C/C/C=C/C/C=C/C/C=C/C/C=C/C/C=C/CC. The fourth-order valence-corrected chi connectivity index (χ4v) is 6.45. The van der Waals surface area contributed by atoms with Crippen LogP contribution in [0.25, 0.3) is 0 Å². The van der Waals surface area contributed by atoms with Crippen molar-refractivity contribution < 1.29 is 28.6 Å². The highest BCUT2D eigenvalue weighted by Gasteiger charge is 2.19. The van der Waals surface area contributed by atoms with Crippen molar-refractivity contribution in [2.24, 2.45) is 0 Å². The van der Waals surface area contributed by atoms with E-state index in [9.17, 15) is 14.4 Å². The molecule has 0 aromatic heterocycles. The normalized spacial score (nSPS) is 13.6. The van der Waals surface area contributed by atoms with Crippen LogP contribution >= 0.6 is 0 Å². The number of hydrogen-bond donors (Lipinski definition) is 0. The van der Waals surface area contributed by atoms with Crippen LogP contribution in [0.2, 0.25) is 0 Å². The first-order valence-electron chi connectivity index (χ1n) is 27.3. The van der Waals surface area contributed by atoms with Crippen LogP contribution in [0.5, 0.6) is 0 Å². The maximum Gasteiger partial charge on any atom is 0.306 e. The van der Waals surface area contributed by atoms with Crippen molar-refractivity contribution >= 4 is 17.9 Å². The lowest BCUT2D eigenvalue weighted by Crippen LogP contribution is -2.30. The molecule has 0 rings (SSSR count). The molecule has 0 heterocycles. The minimum atomic E-state index is -0.868. The van der Waals surface area contributed by atoms with Gasteiger partial charge in [-0.2, -0.15) is 0 Å². The Balaban J connectivity index is 4.69. The molecule has 6 heteroatoms. The van der Waals surface area contributed by atoms with Gasteiger partial charge in [-0.25, -0.2) is 0 Å². The number of esters is 3. The molecule has 0 aliphatic rings. The molecule has 1 atom stereocenters. The minimum absolute atomic E-state index is 0.151. The molecule has 6 nitrogen and oxygen atoms in total. The summed E-state index contributed by atoms with van der Waals surface area (Å²) in [6.45, 7) is 6.12. The van der Waals surface area contributed by atoms with Gasteiger partial charge in [0, 0.05) is 19.3 Å². The molecule has 392 valence electrons. The Morgan fingerprint density at radius 2 is 0.535 bits per heavy atom. The van der Waals surface area contributed by atoms with E-state index in [0.29, 0.717) is 19.3 Å². The predicted molar refractivity (Wildman–Crippen MR) is 306 cm³/mol. The Morgan fingerprint density at radius 1 is 0.282 bits per heavy atom. The molecule has 0 spiro atoms. The molecule has 71 heavy (non-hydrogen) atoms. The lowest BCUT2D eigenvalue weighted by molar-refractivity contribution is -0.166. The van der Waals surface area contributed by atoms with E-state index in [4.69, 9.17) is 14.2 Å². The summed E-state index contributed by atoms with van der Waals surface area (Å²) in [5, 5.41) is 0. The molecule has 0 amide bonds. The average Bonchev–Trinajstić information content (AvgIpc) is 3.37. The van der Waals surface area contributed by atoms with Gasteiger partial charge in [-0.15, -0.1) is 0 Å². The topological polar surface area (TPSA) is 78.9 Å². The first-order chi connectivity index (χ1) is 35.0. The monoisotopic (exact) mass is 973 g/mol. The van der Waals surface area contributed by atoms with E-state index in [1.807, 2.05) is 24.3 Å². The van der Waals surface area contributed by atoms with Crippen LogP contribution in [0.4, 0.5) is 0 Å². The van der Waals surface area contributed by atoms with E-state index in [2.05, 4.69) is 179 Å². The van der Waals surface area contributed by atoms with Crippen LogP contribution in [0, 0.1) is 0 Å². The molecule has 0 unspecified atom stereocenters. The van der Waals surface area contributed by atoms with Gasteiger partial charge in [-0.05, 0) is 128 Å². The first-order valence-corrected chi connectivity index (χ1v) is 27.3. The molecule has 0 bridgehead atoms. The molecule has 0 aliphatic heterocycles. The number of rotatable bonds is 46. The van der Waals surface area contributed by atoms with Crippen LogP contribution in [0.3, 0.4) is 0 Å². The second-order valence-corrected chi connectivity index (χ2v) is 17.0. The van der Waals surface area contributed by atoms with E-state index in [1.54, 1.807) is 0 Å². The van der Waals surface area contributed by atoms with Gasteiger partial charge in [-0.3, -0.25) is 14.4 Å². The fraction of sp³-hybridized carbons (Fsp3) is 0.492. The summed E-state index contributed by atoms with van der Waals surface area (Å²) in [4.78, 5) is 38.1. The van der Waals surface area contributed by atoms with E-state index >= 15 is 0 Å². The zero-order valence-corrected chi connectivity index (χ0v) is 44.6.